The van der Waals surface area contributed by atoms with E-state index in [1.54, 1.807) is 19.9 Å². The van der Waals surface area contributed by atoms with Crippen molar-refractivity contribution >= 4 is 28.1 Å². The standard InChI is InChI=1S/C15H16N2O4/c1-7-4-11(18)17-14-10(7)6-9(8(2)5-12(19)20)13(16)15(14)21-3/h4-6H,16H2,1-3H3,(H,17,18)(H,19,20). The second kappa shape index (κ2) is 5.32. The van der Waals surface area contributed by atoms with E-state index in [0.717, 1.165) is 17.0 Å². The molecule has 0 aliphatic heterocycles. The molecule has 0 saturated carbocycles. The van der Waals surface area contributed by atoms with Crippen molar-refractivity contribution in [3.8, 4) is 5.75 Å². The van der Waals surface area contributed by atoms with Crippen molar-refractivity contribution in [1.29, 1.82) is 0 Å². The summed E-state index contributed by atoms with van der Waals surface area (Å²) in [7, 11) is 1.45. The number of benzene rings is 1. The molecule has 21 heavy (non-hydrogen) atoms. The van der Waals surface area contributed by atoms with E-state index in [2.05, 4.69) is 4.98 Å². The van der Waals surface area contributed by atoms with E-state index in [1.807, 2.05) is 0 Å². The molecule has 0 amide bonds. The van der Waals surface area contributed by atoms with Crippen LogP contribution in [0.15, 0.2) is 23.0 Å². The molecule has 0 radical (unpaired) electrons. The fourth-order valence-electron chi connectivity index (χ4n) is 2.34. The van der Waals surface area contributed by atoms with Crippen LogP contribution < -0.4 is 16.0 Å². The predicted molar refractivity (Wildman–Crippen MR) is 81.6 cm³/mol. The minimum Gasteiger partial charge on any atom is -0.492 e. The summed E-state index contributed by atoms with van der Waals surface area (Å²) in [5.74, 6) is -0.717. The molecule has 1 aromatic heterocycles. The number of carboxylic acid groups (broad SMARTS) is 1. The first-order valence-corrected chi connectivity index (χ1v) is 6.26. The topological polar surface area (TPSA) is 105 Å². The van der Waals surface area contributed by atoms with Crippen LogP contribution in [0.25, 0.3) is 16.5 Å². The number of hydrogen-bond acceptors (Lipinski definition) is 4. The molecule has 0 aliphatic carbocycles. The molecule has 1 heterocycles. The maximum Gasteiger partial charge on any atom is 0.328 e. The Bertz CT molecular complexity index is 819. The first kappa shape index (κ1) is 14.6. The lowest BCUT2D eigenvalue weighted by atomic mass is 9.99. The van der Waals surface area contributed by atoms with E-state index in [0.29, 0.717) is 28.1 Å². The third kappa shape index (κ3) is 2.60. The molecule has 4 N–H and O–H groups in total. The number of H-pyrrole nitrogens is 1. The largest absolute Gasteiger partial charge is 0.492 e. The molecule has 6 nitrogen and oxygen atoms in total. The van der Waals surface area contributed by atoms with Crippen molar-refractivity contribution < 1.29 is 14.6 Å². The molecule has 0 fully saturated rings. The van der Waals surface area contributed by atoms with Crippen molar-refractivity contribution in [2.24, 2.45) is 0 Å². The van der Waals surface area contributed by atoms with Gasteiger partial charge in [-0.25, -0.2) is 4.79 Å². The summed E-state index contributed by atoms with van der Waals surface area (Å²) in [4.78, 5) is 25.1. The molecule has 2 rings (SSSR count). The van der Waals surface area contributed by atoms with Gasteiger partial charge < -0.3 is 20.6 Å². The highest BCUT2D eigenvalue weighted by molar-refractivity contribution is 5.99. The second-order valence-corrected chi connectivity index (χ2v) is 4.78. The van der Waals surface area contributed by atoms with Gasteiger partial charge in [-0.1, -0.05) is 0 Å². The van der Waals surface area contributed by atoms with Gasteiger partial charge in [-0.3, -0.25) is 4.79 Å². The molecule has 0 aliphatic rings. The van der Waals surface area contributed by atoms with Gasteiger partial charge in [0.2, 0.25) is 5.56 Å². The molecule has 1 aromatic carbocycles. The van der Waals surface area contributed by atoms with Crippen molar-refractivity contribution in [1.82, 2.24) is 4.98 Å². The minimum absolute atomic E-state index is 0.247. The van der Waals surface area contributed by atoms with Crippen LogP contribution in [0.3, 0.4) is 0 Å². The Morgan fingerprint density at radius 2 is 2.10 bits per heavy atom. The number of rotatable bonds is 3. The summed E-state index contributed by atoms with van der Waals surface area (Å²) >= 11 is 0. The molecule has 0 spiro atoms. The lowest BCUT2D eigenvalue weighted by molar-refractivity contribution is -0.131. The average Bonchev–Trinajstić information content (AvgIpc) is 2.37. The number of aryl methyl sites for hydroxylation is 1. The highest BCUT2D eigenvalue weighted by Gasteiger charge is 2.15. The van der Waals surface area contributed by atoms with Gasteiger partial charge in [0.05, 0.1) is 18.3 Å². The molecular formula is C15H16N2O4. The predicted octanol–water partition coefficient (Wildman–Crippen LogP) is 1.92. The average molecular weight is 288 g/mol. The number of hydrogen-bond donors (Lipinski definition) is 3. The monoisotopic (exact) mass is 288 g/mol. The van der Waals surface area contributed by atoms with Gasteiger partial charge in [-0.05, 0) is 31.1 Å². The Hall–Kier alpha value is -2.76. The first-order chi connectivity index (χ1) is 9.85. The van der Waals surface area contributed by atoms with Gasteiger partial charge in [0.1, 0.15) is 0 Å². The minimum atomic E-state index is -1.05. The number of nitrogens with one attached hydrogen (secondary N) is 1. The Balaban J connectivity index is 2.90. The van der Waals surface area contributed by atoms with E-state index < -0.39 is 5.97 Å². The first-order valence-electron chi connectivity index (χ1n) is 6.26. The highest BCUT2D eigenvalue weighted by atomic mass is 16.5. The molecule has 0 atom stereocenters. The number of allylic oxidation sites excluding steroid dienone is 1. The van der Waals surface area contributed by atoms with E-state index in [1.165, 1.54) is 13.2 Å². The fraction of sp³-hybridized carbons (Fsp3) is 0.200. The number of methoxy groups -OCH3 is 1. The van der Waals surface area contributed by atoms with E-state index >= 15 is 0 Å². The lowest BCUT2D eigenvalue weighted by Crippen LogP contribution is -2.08. The number of fused-ring (bicyclic) bond motifs is 1. The van der Waals surface area contributed by atoms with Gasteiger partial charge >= 0.3 is 5.97 Å². The smallest absolute Gasteiger partial charge is 0.328 e. The van der Waals surface area contributed by atoms with Gasteiger partial charge in [0.15, 0.2) is 5.75 Å². The van der Waals surface area contributed by atoms with E-state index in [-0.39, 0.29) is 5.56 Å². The number of aromatic nitrogens is 1. The number of nitrogen functional groups attached to an aromatic ring is 1. The van der Waals surface area contributed by atoms with Crippen LogP contribution in [-0.4, -0.2) is 23.2 Å². The van der Waals surface area contributed by atoms with Gasteiger partial charge in [0.25, 0.3) is 0 Å². The summed E-state index contributed by atoms with van der Waals surface area (Å²) in [5, 5.41) is 9.63. The Morgan fingerprint density at radius 3 is 2.67 bits per heavy atom. The zero-order chi connectivity index (χ0) is 15.7. The lowest BCUT2D eigenvalue weighted by Gasteiger charge is -2.15. The molecule has 0 bridgehead atoms. The Kier molecular flexibility index (Phi) is 3.71. The Morgan fingerprint density at radius 1 is 1.43 bits per heavy atom. The van der Waals surface area contributed by atoms with Crippen molar-refractivity contribution in [3.63, 3.8) is 0 Å². The summed E-state index contributed by atoms with van der Waals surface area (Å²) in [6.45, 7) is 3.46. The summed E-state index contributed by atoms with van der Waals surface area (Å²) in [5.41, 5.74) is 8.44. The third-order valence-corrected chi connectivity index (χ3v) is 3.31. The van der Waals surface area contributed by atoms with Crippen LogP contribution in [0.2, 0.25) is 0 Å². The maximum atomic E-state index is 11.6. The number of anilines is 1. The number of aliphatic carboxylic acids is 1. The molecule has 110 valence electrons. The van der Waals surface area contributed by atoms with Crippen LogP contribution >= 0.6 is 0 Å². The number of carbonyl (C=O) groups is 1. The molecule has 2 aromatic rings. The molecule has 0 saturated heterocycles. The van der Waals surface area contributed by atoms with Crippen molar-refractivity contribution in [2.45, 2.75) is 13.8 Å². The normalized spacial score (nSPS) is 11.7. The zero-order valence-electron chi connectivity index (χ0n) is 12.0. The number of aromatic amines is 1. The SMILES string of the molecule is COc1c(N)c(C(C)=CC(=O)O)cc2c(C)cc(=O)[nH]c12. The quantitative estimate of drug-likeness (QED) is 0.591. The van der Waals surface area contributed by atoms with Gasteiger partial charge in [0, 0.05) is 23.1 Å². The molecular weight excluding hydrogens is 272 g/mol. The number of carboxylic acids is 1. The van der Waals surface area contributed by atoms with Crippen LogP contribution in [0.4, 0.5) is 5.69 Å². The number of nitrogens with two attached hydrogens (primary N) is 1. The summed E-state index contributed by atoms with van der Waals surface area (Å²) in [6, 6.07) is 3.23. The van der Waals surface area contributed by atoms with E-state index in [9.17, 15) is 9.59 Å². The van der Waals surface area contributed by atoms with Crippen LogP contribution in [0.1, 0.15) is 18.1 Å². The summed E-state index contributed by atoms with van der Waals surface area (Å²) < 4.78 is 5.29. The molecule has 0 unspecified atom stereocenters. The second-order valence-electron chi connectivity index (χ2n) is 4.78. The highest BCUT2D eigenvalue weighted by Crippen LogP contribution is 2.37. The summed E-state index contributed by atoms with van der Waals surface area (Å²) in [6.07, 6.45) is 1.08. The van der Waals surface area contributed by atoms with Gasteiger partial charge in [-0.2, -0.15) is 0 Å². The number of pyridine rings is 1. The maximum absolute atomic E-state index is 11.6. The Labute approximate surface area is 120 Å². The van der Waals surface area contributed by atoms with E-state index in [4.69, 9.17) is 15.6 Å². The van der Waals surface area contributed by atoms with Crippen LogP contribution in [-0.2, 0) is 4.79 Å². The zero-order valence-corrected chi connectivity index (χ0v) is 12.0. The van der Waals surface area contributed by atoms with Crippen molar-refractivity contribution in [2.75, 3.05) is 12.8 Å². The van der Waals surface area contributed by atoms with Gasteiger partial charge in [-0.15, -0.1) is 0 Å². The number of ether oxygens (including phenoxy) is 1. The van der Waals surface area contributed by atoms with Crippen molar-refractivity contribution in [3.05, 3.63) is 39.7 Å². The van der Waals surface area contributed by atoms with Crippen LogP contribution in [0, 0.1) is 6.92 Å². The molecule has 6 heteroatoms. The third-order valence-electron chi connectivity index (χ3n) is 3.31. The van der Waals surface area contributed by atoms with Crippen LogP contribution in [0.5, 0.6) is 5.75 Å². The fourth-order valence-corrected chi connectivity index (χ4v) is 2.34.